The number of carbonyl (C=O) groups excluding carboxylic acids is 2. The first-order valence-corrected chi connectivity index (χ1v) is 5.33. The van der Waals surface area contributed by atoms with Gasteiger partial charge in [0.15, 0.2) is 0 Å². The fourth-order valence-electron chi connectivity index (χ4n) is 1.45. The van der Waals surface area contributed by atoms with E-state index in [4.69, 9.17) is 5.11 Å². The Labute approximate surface area is 93.4 Å². The number of rotatable bonds is 6. The molecule has 3 N–H and O–H groups in total. The maximum Gasteiger partial charge on any atom is 0.322 e. The summed E-state index contributed by atoms with van der Waals surface area (Å²) in [7, 11) is 0. The lowest BCUT2D eigenvalue weighted by Gasteiger charge is -2.24. The molecule has 1 aliphatic carbocycles. The topological polar surface area (TPSA) is 95.5 Å². The van der Waals surface area contributed by atoms with Crippen LogP contribution in [-0.2, 0) is 14.4 Å². The molecule has 1 aliphatic rings. The molecule has 16 heavy (non-hydrogen) atoms. The summed E-state index contributed by atoms with van der Waals surface area (Å²) in [6.45, 7) is -0.573. The van der Waals surface area contributed by atoms with Gasteiger partial charge in [-0.1, -0.05) is 6.42 Å². The molecule has 6 heteroatoms. The Balaban J connectivity index is 2.05. The summed E-state index contributed by atoms with van der Waals surface area (Å²) in [4.78, 5) is 32.4. The van der Waals surface area contributed by atoms with Crippen LogP contribution in [0.4, 0.5) is 0 Å². The van der Waals surface area contributed by atoms with Crippen LogP contribution in [0.5, 0.6) is 0 Å². The van der Waals surface area contributed by atoms with Crippen molar-refractivity contribution in [3.05, 3.63) is 0 Å². The van der Waals surface area contributed by atoms with Crippen molar-refractivity contribution in [3.63, 3.8) is 0 Å². The SMILES string of the molecule is O=C(O)CNC(=O)CNC(=O)CC1CCC1. The second-order valence-corrected chi connectivity index (χ2v) is 3.95. The maximum atomic E-state index is 11.3. The molecule has 0 atom stereocenters. The molecule has 1 fully saturated rings. The van der Waals surface area contributed by atoms with Gasteiger partial charge >= 0.3 is 5.97 Å². The molecular weight excluding hydrogens is 212 g/mol. The van der Waals surface area contributed by atoms with Crippen LogP contribution in [0, 0.1) is 5.92 Å². The Hall–Kier alpha value is -1.59. The molecule has 0 aliphatic heterocycles. The Morgan fingerprint density at radius 2 is 1.69 bits per heavy atom. The first-order chi connectivity index (χ1) is 7.58. The highest BCUT2D eigenvalue weighted by Crippen LogP contribution is 2.28. The van der Waals surface area contributed by atoms with Crippen molar-refractivity contribution >= 4 is 17.8 Å². The van der Waals surface area contributed by atoms with Crippen LogP contribution in [0.2, 0.25) is 0 Å². The Morgan fingerprint density at radius 1 is 1.06 bits per heavy atom. The number of carboxylic acids is 1. The van der Waals surface area contributed by atoms with Crippen LogP contribution < -0.4 is 10.6 Å². The molecule has 0 spiro atoms. The lowest BCUT2D eigenvalue weighted by molar-refractivity contribution is -0.137. The van der Waals surface area contributed by atoms with Crippen molar-refractivity contribution in [2.75, 3.05) is 13.1 Å². The summed E-state index contributed by atoms with van der Waals surface area (Å²) in [6, 6.07) is 0. The summed E-state index contributed by atoms with van der Waals surface area (Å²) in [6.07, 6.45) is 3.81. The molecular formula is C10H16N2O4. The Bertz CT molecular complexity index is 287. The zero-order valence-corrected chi connectivity index (χ0v) is 8.99. The molecule has 90 valence electrons. The van der Waals surface area contributed by atoms with E-state index in [2.05, 4.69) is 10.6 Å². The van der Waals surface area contributed by atoms with E-state index in [9.17, 15) is 14.4 Å². The molecule has 6 nitrogen and oxygen atoms in total. The second-order valence-electron chi connectivity index (χ2n) is 3.95. The van der Waals surface area contributed by atoms with Crippen molar-refractivity contribution in [2.24, 2.45) is 5.92 Å². The quantitative estimate of drug-likeness (QED) is 0.570. The first-order valence-electron chi connectivity index (χ1n) is 5.33. The van der Waals surface area contributed by atoms with Crippen LogP contribution in [0.25, 0.3) is 0 Å². The molecule has 0 bridgehead atoms. The first kappa shape index (κ1) is 12.5. The summed E-state index contributed by atoms with van der Waals surface area (Å²) in [5, 5.41) is 12.9. The third kappa shape index (κ3) is 4.77. The average molecular weight is 228 g/mol. The second kappa shape index (κ2) is 6.09. The number of hydrogen-bond donors (Lipinski definition) is 3. The molecule has 1 rings (SSSR count). The van der Waals surface area contributed by atoms with Gasteiger partial charge in [-0.2, -0.15) is 0 Å². The number of carbonyl (C=O) groups is 3. The van der Waals surface area contributed by atoms with E-state index in [1.807, 2.05) is 0 Å². The highest BCUT2D eigenvalue weighted by Gasteiger charge is 2.20. The van der Waals surface area contributed by atoms with Crippen molar-refractivity contribution < 1.29 is 19.5 Å². The molecule has 0 heterocycles. The van der Waals surface area contributed by atoms with Crippen LogP contribution in [0.15, 0.2) is 0 Å². The number of nitrogens with one attached hydrogen (secondary N) is 2. The highest BCUT2D eigenvalue weighted by molar-refractivity contribution is 5.86. The lowest BCUT2D eigenvalue weighted by Crippen LogP contribution is -2.39. The van der Waals surface area contributed by atoms with Gasteiger partial charge in [-0.15, -0.1) is 0 Å². The molecule has 2 amide bonds. The smallest absolute Gasteiger partial charge is 0.322 e. The predicted molar refractivity (Wildman–Crippen MR) is 55.6 cm³/mol. The van der Waals surface area contributed by atoms with Gasteiger partial charge in [-0.3, -0.25) is 14.4 Å². The third-order valence-corrected chi connectivity index (χ3v) is 2.58. The van der Waals surface area contributed by atoms with Crippen molar-refractivity contribution in [1.82, 2.24) is 10.6 Å². The summed E-state index contributed by atoms with van der Waals surface area (Å²) < 4.78 is 0. The van der Waals surface area contributed by atoms with Crippen LogP contribution >= 0.6 is 0 Å². The van der Waals surface area contributed by atoms with Crippen LogP contribution in [-0.4, -0.2) is 36.0 Å². The van der Waals surface area contributed by atoms with Crippen molar-refractivity contribution in [2.45, 2.75) is 25.7 Å². The summed E-state index contributed by atoms with van der Waals surface area (Å²) >= 11 is 0. The number of aliphatic carboxylic acids is 1. The summed E-state index contributed by atoms with van der Waals surface area (Å²) in [5.41, 5.74) is 0. The maximum absolute atomic E-state index is 11.3. The van der Waals surface area contributed by atoms with Gasteiger partial charge in [0.05, 0.1) is 6.54 Å². The number of amides is 2. The normalized spacial score (nSPS) is 15.0. The molecule has 0 aromatic heterocycles. The largest absolute Gasteiger partial charge is 0.480 e. The highest BCUT2D eigenvalue weighted by atomic mass is 16.4. The fourth-order valence-corrected chi connectivity index (χ4v) is 1.45. The van der Waals surface area contributed by atoms with Gasteiger partial charge in [-0.25, -0.2) is 0 Å². The fraction of sp³-hybridized carbons (Fsp3) is 0.700. The van der Waals surface area contributed by atoms with Crippen LogP contribution in [0.3, 0.4) is 0 Å². The van der Waals surface area contributed by atoms with Gasteiger partial charge in [-0.05, 0) is 18.8 Å². The minimum absolute atomic E-state index is 0.143. The van der Waals surface area contributed by atoms with E-state index in [0.717, 1.165) is 12.8 Å². The van der Waals surface area contributed by atoms with E-state index in [-0.39, 0.29) is 12.5 Å². The zero-order chi connectivity index (χ0) is 12.0. The van der Waals surface area contributed by atoms with Gasteiger partial charge < -0.3 is 15.7 Å². The minimum atomic E-state index is -1.10. The third-order valence-electron chi connectivity index (χ3n) is 2.58. The van der Waals surface area contributed by atoms with E-state index in [1.54, 1.807) is 0 Å². The lowest BCUT2D eigenvalue weighted by atomic mass is 9.83. The molecule has 0 saturated heterocycles. The summed E-state index contributed by atoms with van der Waals surface area (Å²) in [5.74, 6) is -1.27. The predicted octanol–water partition coefficient (Wildman–Crippen LogP) is -0.506. The van der Waals surface area contributed by atoms with Gasteiger partial charge in [0.25, 0.3) is 0 Å². The van der Waals surface area contributed by atoms with Crippen LogP contribution in [0.1, 0.15) is 25.7 Å². The van der Waals surface area contributed by atoms with Gasteiger partial charge in [0, 0.05) is 6.42 Å². The number of hydrogen-bond acceptors (Lipinski definition) is 3. The van der Waals surface area contributed by atoms with Gasteiger partial charge in [0.1, 0.15) is 6.54 Å². The minimum Gasteiger partial charge on any atom is -0.480 e. The van der Waals surface area contributed by atoms with Crippen molar-refractivity contribution in [3.8, 4) is 0 Å². The van der Waals surface area contributed by atoms with Gasteiger partial charge in [0.2, 0.25) is 11.8 Å². The molecule has 1 saturated carbocycles. The molecule has 0 unspecified atom stereocenters. The van der Waals surface area contributed by atoms with E-state index < -0.39 is 18.4 Å². The zero-order valence-electron chi connectivity index (χ0n) is 8.99. The van der Waals surface area contributed by atoms with Crippen molar-refractivity contribution in [1.29, 1.82) is 0 Å². The number of carboxylic acid groups (broad SMARTS) is 1. The molecule has 0 aromatic rings. The molecule has 0 aromatic carbocycles. The van der Waals surface area contributed by atoms with E-state index >= 15 is 0 Å². The molecule has 0 radical (unpaired) electrons. The standard InChI is InChI=1S/C10H16N2O4/c13-8(4-7-2-1-3-7)11-5-9(14)12-6-10(15)16/h7H,1-6H2,(H,11,13)(H,12,14)(H,15,16). The Kier molecular flexibility index (Phi) is 4.75. The van der Waals surface area contributed by atoms with E-state index in [0.29, 0.717) is 12.3 Å². The average Bonchev–Trinajstić information content (AvgIpc) is 2.17. The Morgan fingerprint density at radius 3 is 2.19 bits per heavy atom. The monoisotopic (exact) mass is 228 g/mol. The van der Waals surface area contributed by atoms with E-state index in [1.165, 1.54) is 6.42 Å².